The summed E-state index contributed by atoms with van der Waals surface area (Å²) in [7, 11) is -3.30. The van der Waals surface area contributed by atoms with Crippen molar-refractivity contribution in [3.63, 3.8) is 0 Å². The number of H-pyrrole nitrogens is 1. The summed E-state index contributed by atoms with van der Waals surface area (Å²) in [6.07, 6.45) is 3.25. The number of amides is 1. The number of aromatic amines is 1. The average molecular weight is 325 g/mol. The maximum Gasteiger partial charge on any atom is 0.263 e. The summed E-state index contributed by atoms with van der Waals surface area (Å²) in [6.45, 7) is 1.14. The molecule has 1 aliphatic rings. The number of hydrogen-bond donors (Lipinski definition) is 1. The van der Waals surface area contributed by atoms with Gasteiger partial charge in [-0.2, -0.15) is 5.10 Å². The third-order valence-corrected chi connectivity index (χ3v) is 5.63. The van der Waals surface area contributed by atoms with Crippen molar-refractivity contribution in [2.45, 2.75) is 17.2 Å². The first-order valence-corrected chi connectivity index (χ1v) is 9.30. The number of aromatic nitrogens is 2. The minimum Gasteiger partial charge on any atom is -0.337 e. The number of thiophene rings is 1. The highest BCUT2D eigenvalue weighted by Crippen LogP contribution is 2.31. The van der Waals surface area contributed by atoms with Gasteiger partial charge in [-0.15, -0.1) is 11.3 Å². The monoisotopic (exact) mass is 325 g/mol. The Morgan fingerprint density at radius 1 is 1.52 bits per heavy atom. The zero-order chi connectivity index (χ0) is 15.0. The maximum atomic E-state index is 12.3. The predicted octanol–water partition coefficient (Wildman–Crippen LogP) is 1.50. The van der Waals surface area contributed by atoms with E-state index in [-0.39, 0.29) is 16.7 Å². The van der Waals surface area contributed by atoms with Gasteiger partial charge in [-0.1, -0.05) is 6.07 Å². The van der Waals surface area contributed by atoms with Crippen molar-refractivity contribution in [2.75, 3.05) is 19.3 Å². The van der Waals surface area contributed by atoms with Crippen LogP contribution in [0, 0.1) is 0 Å². The van der Waals surface area contributed by atoms with Crippen LogP contribution in [0.2, 0.25) is 0 Å². The third-order valence-electron chi connectivity index (χ3n) is 3.65. The smallest absolute Gasteiger partial charge is 0.263 e. The molecule has 21 heavy (non-hydrogen) atoms. The number of nitrogens with zero attached hydrogens (tertiary/aromatic N) is 2. The molecule has 2 aromatic rings. The zero-order valence-electron chi connectivity index (χ0n) is 11.4. The Kier molecular flexibility index (Phi) is 3.58. The first-order chi connectivity index (χ1) is 9.97. The molecule has 0 bridgehead atoms. The van der Waals surface area contributed by atoms with Crippen molar-refractivity contribution in [1.82, 2.24) is 15.1 Å². The van der Waals surface area contributed by atoms with E-state index in [4.69, 9.17) is 0 Å². The minimum atomic E-state index is -3.30. The third kappa shape index (κ3) is 2.73. The molecule has 0 saturated carbocycles. The molecule has 1 N–H and O–H groups in total. The topological polar surface area (TPSA) is 83.1 Å². The first-order valence-electron chi connectivity index (χ1n) is 6.53. The van der Waals surface area contributed by atoms with E-state index in [0.29, 0.717) is 23.7 Å². The van der Waals surface area contributed by atoms with Gasteiger partial charge >= 0.3 is 0 Å². The predicted molar refractivity (Wildman–Crippen MR) is 79.3 cm³/mol. The van der Waals surface area contributed by atoms with Crippen LogP contribution in [-0.2, 0) is 9.84 Å². The van der Waals surface area contributed by atoms with Gasteiger partial charge in [0.05, 0.1) is 16.8 Å². The fourth-order valence-corrected chi connectivity index (χ4v) is 4.16. The molecular weight excluding hydrogens is 310 g/mol. The lowest BCUT2D eigenvalue weighted by molar-refractivity contribution is 0.0795. The molecule has 0 radical (unpaired) electrons. The Bertz CT molecular complexity index is 749. The Morgan fingerprint density at radius 3 is 3.00 bits per heavy atom. The lowest BCUT2D eigenvalue weighted by atomic mass is 10.1. The van der Waals surface area contributed by atoms with Gasteiger partial charge in [-0.25, -0.2) is 8.42 Å². The van der Waals surface area contributed by atoms with Crippen LogP contribution in [0.25, 0.3) is 0 Å². The fourth-order valence-electron chi connectivity index (χ4n) is 2.61. The molecular formula is C13H15N3O3S2. The molecule has 0 spiro atoms. The maximum absolute atomic E-state index is 12.3. The van der Waals surface area contributed by atoms with Gasteiger partial charge in [-0.3, -0.25) is 9.89 Å². The van der Waals surface area contributed by atoms with Crippen molar-refractivity contribution in [2.24, 2.45) is 0 Å². The second-order valence-corrected chi connectivity index (χ2v) is 8.07. The summed E-state index contributed by atoms with van der Waals surface area (Å²) in [6, 6.07) is 3.65. The number of likely N-dealkylation sites (tertiary alicyclic amines) is 1. The van der Waals surface area contributed by atoms with Gasteiger partial charge in [0.1, 0.15) is 4.90 Å². The van der Waals surface area contributed by atoms with Crippen LogP contribution in [-0.4, -0.2) is 48.8 Å². The lowest BCUT2D eigenvalue weighted by Gasteiger charge is -2.15. The van der Waals surface area contributed by atoms with E-state index in [0.717, 1.165) is 6.42 Å². The molecule has 1 atom stereocenters. The second-order valence-electron chi connectivity index (χ2n) is 5.13. The van der Waals surface area contributed by atoms with Crippen LogP contribution >= 0.6 is 11.3 Å². The van der Waals surface area contributed by atoms with Gasteiger partial charge in [0.2, 0.25) is 0 Å². The van der Waals surface area contributed by atoms with E-state index < -0.39 is 9.84 Å². The number of carbonyl (C=O) groups is 1. The van der Waals surface area contributed by atoms with E-state index in [9.17, 15) is 13.2 Å². The van der Waals surface area contributed by atoms with Gasteiger partial charge in [0, 0.05) is 25.3 Å². The molecule has 0 aliphatic carbocycles. The molecule has 112 valence electrons. The molecule has 2 aromatic heterocycles. The molecule has 0 aromatic carbocycles. The van der Waals surface area contributed by atoms with E-state index in [1.807, 2.05) is 11.4 Å². The summed E-state index contributed by atoms with van der Waals surface area (Å²) in [5.74, 6) is -0.00550. The molecule has 1 fully saturated rings. The van der Waals surface area contributed by atoms with Gasteiger partial charge < -0.3 is 4.90 Å². The van der Waals surface area contributed by atoms with Crippen LogP contribution in [0.15, 0.2) is 28.6 Å². The average Bonchev–Trinajstić information content (AvgIpc) is 3.16. The van der Waals surface area contributed by atoms with Gasteiger partial charge in [0.25, 0.3) is 5.91 Å². The molecule has 1 saturated heterocycles. The molecule has 1 aliphatic heterocycles. The fraction of sp³-hybridized carbons (Fsp3) is 0.385. The quantitative estimate of drug-likeness (QED) is 0.927. The molecule has 8 heteroatoms. The van der Waals surface area contributed by atoms with Crippen molar-refractivity contribution < 1.29 is 13.2 Å². The number of rotatable bonds is 3. The number of sulfone groups is 1. The van der Waals surface area contributed by atoms with Crippen molar-refractivity contribution in [1.29, 1.82) is 0 Å². The summed E-state index contributed by atoms with van der Waals surface area (Å²) < 4.78 is 23.5. The van der Waals surface area contributed by atoms with Gasteiger partial charge in [-0.05, 0) is 17.9 Å². The van der Waals surface area contributed by atoms with E-state index >= 15 is 0 Å². The SMILES string of the molecule is CS(=O)(=O)c1cn[nH]c1[C@@H]1CCN(C(=O)c2cccs2)C1. The summed E-state index contributed by atoms with van der Waals surface area (Å²) in [5.41, 5.74) is 0.610. The minimum absolute atomic E-state index is 0.00733. The highest BCUT2D eigenvalue weighted by atomic mass is 32.2. The summed E-state index contributed by atoms with van der Waals surface area (Å²) in [5, 5.41) is 8.50. The molecule has 0 unspecified atom stereocenters. The molecule has 3 heterocycles. The van der Waals surface area contributed by atoms with Gasteiger partial charge in [0.15, 0.2) is 9.84 Å². The van der Waals surface area contributed by atoms with E-state index in [1.165, 1.54) is 23.8 Å². The van der Waals surface area contributed by atoms with E-state index in [1.54, 1.807) is 11.0 Å². The Balaban J connectivity index is 1.79. The number of carbonyl (C=O) groups excluding carboxylic acids is 1. The van der Waals surface area contributed by atoms with Crippen LogP contribution < -0.4 is 0 Å². The molecule has 1 amide bonds. The standard InChI is InChI=1S/C13H15N3O3S2/c1-21(18,19)11-7-14-15-12(11)9-4-5-16(8-9)13(17)10-3-2-6-20-10/h2-3,6-7,9H,4-5,8H2,1H3,(H,14,15)/t9-/m1/s1. The molecule has 6 nitrogen and oxygen atoms in total. The van der Waals surface area contributed by atoms with Crippen LogP contribution in [0.5, 0.6) is 0 Å². The number of nitrogens with one attached hydrogen (secondary N) is 1. The van der Waals surface area contributed by atoms with Crippen molar-refractivity contribution in [3.8, 4) is 0 Å². The highest BCUT2D eigenvalue weighted by Gasteiger charge is 2.32. The van der Waals surface area contributed by atoms with Crippen LogP contribution in [0.1, 0.15) is 27.7 Å². The first kappa shape index (κ1) is 14.3. The van der Waals surface area contributed by atoms with E-state index in [2.05, 4.69) is 10.2 Å². The normalized spacial score (nSPS) is 19.1. The Hall–Kier alpha value is -1.67. The molecule has 3 rings (SSSR count). The largest absolute Gasteiger partial charge is 0.337 e. The highest BCUT2D eigenvalue weighted by molar-refractivity contribution is 7.90. The second kappa shape index (κ2) is 5.27. The zero-order valence-corrected chi connectivity index (χ0v) is 13.1. The Labute approximate surface area is 126 Å². The summed E-state index contributed by atoms with van der Waals surface area (Å²) >= 11 is 1.42. The van der Waals surface area contributed by atoms with Crippen molar-refractivity contribution in [3.05, 3.63) is 34.3 Å². The van der Waals surface area contributed by atoms with Crippen LogP contribution in [0.4, 0.5) is 0 Å². The number of hydrogen-bond acceptors (Lipinski definition) is 5. The summed E-state index contributed by atoms with van der Waals surface area (Å²) in [4.78, 5) is 15.0. The van der Waals surface area contributed by atoms with Crippen molar-refractivity contribution >= 4 is 27.1 Å². The lowest BCUT2D eigenvalue weighted by Crippen LogP contribution is -2.27. The van der Waals surface area contributed by atoms with Crippen LogP contribution in [0.3, 0.4) is 0 Å². The Morgan fingerprint density at radius 2 is 2.33 bits per heavy atom.